The molecule has 6 nitrogen and oxygen atoms in total. The van der Waals surface area contributed by atoms with Gasteiger partial charge < -0.3 is 15.3 Å². The molecule has 3 N–H and O–H groups in total. The molecule has 0 fully saturated rings. The van der Waals surface area contributed by atoms with E-state index in [-0.39, 0.29) is 19.4 Å². The Morgan fingerprint density at radius 1 is 0.818 bits per heavy atom. The van der Waals surface area contributed by atoms with Crippen molar-refractivity contribution in [2.75, 3.05) is 0 Å². The van der Waals surface area contributed by atoms with Crippen LogP contribution < -0.4 is 0 Å². The molecular weight excluding hydrogens is 247 g/mol. The molecule has 0 heterocycles. The van der Waals surface area contributed by atoms with E-state index in [1.165, 1.54) is 0 Å². The molecule has 0 aromatic heterocycles. The summed E-state index contributed by atoms with van der Waals surface area (Å²) in [5.74, 6) is 0. The third kappa shape index (κ3) is 478. The summed E-state index contributed by atoms with van der Waals surface area (Å²) >= 11 is 2.05. The molecule has 0 aromatic carbocycles. The van der Waals surface area contributed by atoms with Crippen molar-refractivity contribution in [1.82, 2.24) is 0 Å². The van der Waals surface area contributed by atoms with E-state index >= 15 is 0 Å². The van der Waals surface area contributed by atoms with Crippen LogP contribution in [0, 0.1) is 5.52 Å². The molecule has 2 radical (unpaired) electrons. The van der Waals surface area contributed by atoms with Crippen molar-refractivity contribution in [2.45, 2.75) is 0 Å². The molecule has 0 atom stereocenters. The predicted molar refractivity (Wildman–Crippen MR) is 30.4 cm³/mol. The third-order valence-electron chi connectivity index (χ3n) is 0. The summed E-state index contributed by atoms with van der Waals surface area (Å²) in [5, 5.41) is 20.7. The zero-order valence-corrected chi connectivity index (χ0v) is 6.85. The molecule has 0 saturated heterocycles. The van der Waals surface area contributed by atoms with Crippen molar-refractivity contribution < 1.29 is 48.0 Å². The Labute approximate surface area is 73.5 Å². The molecule has 7 heteroatoms. The molecule has 0 aliphatic carbocycles. The monoisotopic (exact) mass is 254 g/mol. The Bertz CT molecular complexity index is 51.3. The van der Waals surface area contributed by atoms with Crippen LogP contribution in [0.4, 0.5) is 0 Å². The number of carboxylic acid groups (broad SMARTS) is 3. The van der Waals surface area contributed by atoms with Gasteiger partial charge in [0, 0.05) is 0 Å². The van der Waals surface area contributed by atoms with E-state index in [1.54, 1.807) is 0 Å². The van der Waals surface area contributed by atoms with Gasteiger partial charge in [-0.2, -0.15) is 0 Å². The van der Waals surface area contributed by atoms with Crippen LogP contribution in [-0.2, 0) is 32.7 Å². The van der Waals surface area contributed by atoms with Crippen LogP contribution >= 0.6 is 0 Å². The number of rotatable bonds is 0. The second kappa shape index (κ2) is 141. The maximum absolute atomic E-state index is 8.36. The first kappa shape index (κ1) is 22.5. The normalized spacial score (nSPS) is 3.91. The summed E-state index contributed by atoms with van der Waals surface area (Å²) in [6, 6.07) is 0. The fourth-order valence-corrected chi connectivity index (χ4v) is 0. The van der Waals surface area contributed by atoms with Crippen molar-refractivity contribution in [3.05, 3.63) is 5.52 Å². The molecule has 0 saturated carbocycles. The van der Waals surface area contributed by atoms with Crippen molar-refractivity contribution in [3.8, 4) is 0 Å². The number of hydrogen-bond acceptors (Lipinski definition) is 3. The first-order valence-electron chi connectivity index (χ1n) is 1.67. The van der Waals surface area contributed by atoms with E-state index in [0.29, 0.717) is 0 Å². The van der Waals surface area contributed by atoms with Gasteiger partial charge >= 0.3 is 23.8 Å². The van der Waals surface area contributed by atoms with E-state index in [9.17, 15) is 0 Å². The average Bonchev–Trinajstić information content (AvgIpc) is 1.96. The van der Waals surface area contributed by atoms with Crippen LogP contribution in [0.1, 0.15) is 0 Å². The third-order valence-corrected chi connectivity index (χ3v) is 0. The van der Waals surface area contributed by atoms with Crippen molar-refractivity contribution in [3.63, 3.8) is 0 Å². The zero-order valence-electron chi connectivity index (χ0n) is 5.21. The Morgan fingerprint density at radius 3 is 0.818 bits per heavy atom. The molecule has 68 valence electrons. The second-order valence-electron chi connectivity index (χ2n) is 0.316. The second-order valence-corrected chi connectivity index (χ2v) is 0.316. The van der Waals surface area contributed by atoms with E-state index in [2.05, 4.69) is 23.8 Å². The fraction of sp³-hybridized carbons (Fsp3) is 0. The summed E-state index contributed by atoms with van der Waals surface area (Å²) in [4.78, 5) is 25.1. The van der Waals surface area contributed by atoms with Crippen LogP contribution in [0.5, 0.6) is 0 Å². The molecular formula is C4H7O6Rh. The Kier molecular flexibility index (Phi) is 288. The Morgan fingerprint density at radius 2 is 0.818 bits per heavy atom. The van der Waals surface area contributed by atoms with Gasteiger partial charge in [-0.05, 0) is 0 Å². The van der Waals surface area contributed by atoms with Crippen LogP contribution in [-0.4, -0.2) is 34.7 Å². The molecule has 0 spiro atoms. The summed E-state index contributed by atoms with van der Waals surface area (Å²) in [7, 11) is 0. The maximum atomic E-state index is 8.36. The van der Waals surface area contributed by atoms with Gasteiger partial charge in [0.15, 0.2) is 0 Å². The summed E-state index contributed by atoms with van der Waals surface area (Å²) < 4.78 is 0. The van der Waals surface area contributed by atoms with Crippen LogP contribution in [0.25, 0.3) is 0 Å². The van der Waals surface area contributed by atoms with Gasteiger partial charge in [0.25, 0.3) is 19.4 Å². The molecule has 0 aromatic rings. The topological polar surface area (TPSA) is 112 Å². The summed E-state index contributed by atoms with van der Waals surface area (Å²) in [6.07, 6.45) is 0. The van der Waals surface area contributed by atoms with E-state index in [0.717, 1.165) is 0 Å². The van der Waals surface area contributed by atoms with Gasteiger partial charge in [0.05, 0.1) is 0 Å². The quantitative estimate of drug-likeness (QED) is 0.389. The molecule has 11 heavy (non-hydrogen) atoms. The molecule has 0 rings (SSSR count). The minimum atomic E-state index is -0.250. The first-order chi connectivity index (χ1) is 5.24. The Hall–Kier alpha value is -0.967. The molecule has 0 amide bonds. The minimum absolute atomic E-state index is 0.250. The first-order valence-corrected chi connectivity index (χ1v) is 2.62. The van der Waals surface area contributed by atoms with Crippen LogP contribution in [0.15, 0.2) is 0 Å². The van der Waals surface area contributed by atoms with Gasteiger partial charge in [-0.3, -0.25) is 14.4 Å². The Balaban J connectivity index is -0.0000000301. The summed E-state index contributed by atoms with van der Waals surface area (Å²) in [6.45, 7) is -0.750. The SMILES string of the molecule is O=CO.O=CO.O=CO.[CH][Rh]. The van der Waals surface area contributed by atoms with Gasteiger partial charge in [-0.15, -0.1) is 0 Å². The fourth-order valence-electron chi connectivity index (χ4n) is 0. The van der Waals surface area contributed by atoms with Gasteiger partial charge in [0.1, 0.15) is 0 Å². The molecule has 0 unspecified atom stereocenters. The van der Waals surface area contributed by atoms with Crippen LogP contribution in [0.3, 0.4) is 0 Å². The van der Waals surface area contributed by atoms with Crippen molar-refractivity contribution in [2.24, 2.45) is 0 Å². The van der Waals surface area contributed by atoms with Crippen LogP contribution in [0.2, 0.25) is 0 Å². The summed E-state index contributed by atoms with van der Waals surface area (Å²) in [5.41, 5.74) is 4.39. The molecule has 0 aliphatic heterocycles. The molecule has 0 aliphatic rings. The van der Waals surface area contributed by atoms with Gasteiger partial charge in [-0.1, -0.05) is 0 Å². The number of hydrogen-bond donors (Lipinski definition) is 3. The van der Waals surface area contributed by atoms with Crippen molar-refractivity contribution in [1.29, 1.82) is 0 Å². The predicted octanol–water partition coefficient (Wildman–Crippen LogP) is -0.696. The molecule has 0 bridgehead atoms. The standard InChI is InChI=1S/3CH2O2.CH.Rh/c3*2-1-3;;/h3*1H,(H,2,3);1H;. The van der Waals surface area contributed by atoms with E-state index < -0.39 is 0 Å². The average molecular weight is 254 g/mol. The number of carbonyl (C=O) groups is 3. The van der Waals surface area contributed by atoms with E-state index in [1.807, 2.05) is 0 Å². The van der Waals surface area contributed by atoms with Gasteiger partial charge in [-0.25, -0.2) is 0 Å². The van der Waals surface area contributed by atoms with Crippen molar-refractivity contribution >= 4 is 19.4 Å². The zero-order chi connectivity index (χ0) is 10.1. The van der Waals surface area contributed by atoms with Gasteiger partial charge in [0.2, 0.25) is 0 Å². The van der Waals surface area contributed by atoms with E-state index in [4.69, 9.17) is 29.7 Å².